The molecule has 0 saturated heterocycles. The molecule has 6 heteroatoms. The SMILES string of the molecule is CC/C=C\C/C=C\C/C=C\C/C=C\C/C=C\C/C=C\CCC(=O)O[C@H](COC(=O)CCCCC/C=C\C/C=C\C/C=C\C/C=C\CCCCC)COC(=O)CCCCCCC/C=C\CCCC. The molecule has 376 valence electrons. The Labute approximate surface area is 411 Å². The van der Waals surface area contributed by atoms with Crippen molar-refractivity contribution in [2.24, 2.45) is 0 Å². The maximum atomic E-state index is 12.8. The molecule has 0 rings (SSSR count). The van der Waals surface area contributed by atoms with Gasteiger partial charge in [-0.15, -0.1) is 0 Å². The van der Waals surface area contributed by atoms with Crippen molar-refractivity contribution in [2.75, 3.05) is 13.2 Å². The molecule has 0 amide bonds. The van der Waals surface area contributed by atoms with Crippen molar-refractivity contribution in [3.63, 3.8) is 0 Å². The fourth-order valence-corrected chi connectivity index (χ4v) is 6.61. The van der Waals surface area contributed by atoms with Crippen LogP contribution in [0.2, 0.25) is 0 Å². The molecule has 67 heavy (non-hydrogen) atoms. The molecule has 0 spiro atoms. The number of allylic oxidation sites excluding steroid dienone is 22. The highest BCUT2D eigenvalue weighted by molar-refractivity contribution is 5.71. The van der Waals surface area contributed by atoms with Gasteiger partial charge < -0.3 is 14.2 Å². The molecule has 0 bridgehead atoms. The first-order valence-electron chi connectivity index (χ1n) is 26.7. The van der Waals surface area contributed by atoms with Gasteiger partial charge in [-0.3, -0.25) is 14.4 Å². The zero-order valence-electron chi connectivity index (χ0n) is 42.9. The average molecular weight is 925 g/mol. The molecule has 0 aromatic carbocycles. The van der Waals surface area contributed by atoms with Gasteiger partial charge in [0.15, 0.2) is 6.10 Å². The predicted molar refractivity (Wildman–Crippen MR) is 288 cm³/mol. The van der Waals surface area contributed by atoms with Crippen molar-refractivity contribution in [3.8, 4) is 0 Å². The van der Waals surface area contributed by atoms with Gasteiger partial charge in [-0.1, -0.05) is 206 Å². The lowest BCUT2D eigenvalue weighted by Crippen LogP contribution is -2.30. The number of carbonyl (C=O) groups is 3. The zero-order chi connectivity index (χ0) is 48.6. The molecule has 0 radical (unpaired) electrons. The normalized spacial score (nSPS) is 13.2. The van der Waals surface area contributed by atoms with Crippen LogP contribution in [0.3, 0.4) is 0 Å². The standard InChI is InChI=1S/C61H96O6/c1-4-7-10-13-16-19-22-24-26-28-30-32-34-36-39-42-45-48-51-54-60(63)66-57-58(56-65-59(62)53-50-47-44-41-38-21-18-15-12-9-6-3)67-61(64)55-52-49-46-43-40-37-35-33-31-29-27-25-23-20-17-14-11-8-5-2/h8,11,15-20,24-27,30-33,36-37,39-40,46,49,58H,4-7,9-10,12-14,21-23,28-29,34-35,38,41-45,47-48,50-57H2,1-3H3/b11-8-,18-15-,19-16-,20-17-,26-24-,27-25-,32-30-,33-31-,39-36-,40-37-,49-46-/t58-/m0/s1. The van der Waals surface area contributed by atoms with Gasteiger partial charge in [0.05, 0.1) is 0 Å². The second kappa shape index (κ2) is 54.2. The number of ether oxygens (including phenoxy) is 3. The summed E-state index contributed by atoms with van der Waals surface area (Å²) in [6, 6.07) is 0. The number of carbonyl (C=O) groups excluding carboxylic acids is 3. The molecule has 0 saturated carbocycles. The van der Waals surface area contributed by atoms with Crippen LogP contribution in [0.15, 0.2) is 134 Å². The zero-order valence-corrected chi connectivity index (χ0v) is 42.9. The summed E-state index contributed by atoms with van der Waals surface area (Å²) in [5.74, 6) is -1.06. The van der Waals surface area contributed by atoms with Gasteiger partial charge in [0.2, 0.25) is 0 Å². The van der Waals surface area contributed by atoms with Gasteiger partial charge in [0, 0.05) is 19.3 Å². The van der Waals surface area contributed by atoms with Gasteiger partial charge in [0.25, 0.3) is 0 Å². The van der Waals surface area contributed by atoms with Crippen molar-refractivity contribution >= 4 is 17.9 Å². The van der Waals surface area contributed by atoms with E-state index in [1.165, 1.54) is 51.4 Å². The lowest BCUT2D eigenvalue weighted by atomic mass is 10.1. The van der Waals surface area contributed by atoms with Crippen molar-refractivity contribution in [3.05, 3.63) is 134 Å². The Balaban J connectivity index is 4.57. The molecule has 0 heterocycles. The average Bonchev–Trinajstić information content (AvgIpc) is 3.33. The first-order chi connectivity index (χ1) is 33.0. The molecule has 0 aromatic rings. The number of esters is 3. The molecule has 0 aliphatic carbocycles. The van der Waals surface area contributed by atoms with E-state index in [1.807, 2.05) is 12.2 Å². The second-order valence-corrected chi connectivity index (χ2v) is 17.0. The number of rotatable bonds is 46. The summed E-state index contributed by atoms with van der Waals surface area (Å²) in [4.78, 5) is 38.0. The van der Waals surface area contributed by atoms with Crippen molar-refractivity contribution in [2.45, 2.75) is 219 Å². The highest BCUT2D eigenvalue weighted by atomic mass is 16.6. The van der Waals surface area contributed by atoms with E-state index in [9.17, 15) is 14.4 Å². The van der Waals surface area contributed by atoms with E-state index >= 15 is 0 Å². The molecule has 0 N–H and O–H groups in total. The van der Waals surface area contributed by atoms with Crippen molar-refractivity contribution in [1.82, 2.24) is 0 Å². The maximum absolute atomic E-state index is 12.8. The number of unbranched alkanes of at least 4 members (excludes halogenated alkanes) is 13. The second-order valence-electron chi connectivity index (χ2n) is 17.0. The van der Waals surface area contributed by atoms with Crippen LogP contribution in [0.25, 0.3) is 0 Å². The quantitative estimate of drug-likeness (QED) is 0.0262. The largest absolute Gasteiger partial charge is 0.462 e. The third kappa shape index (κ3) is 52.4. The predicted octanol–water partition coefficient (Wildman–Crippen LogP) is 17.9. The van der Waals surface area contributed by atoms with Crippen LogP contribution in [0.4, 0.5) is 0 Å². The smallest absolute Gasteiger partial charge is 0.306 e. The highest BCUT2D eigenvalue weighted by Crippen LogP contribution is 2.11. The Morgan fingerprint density at radius 3 is 1.04 bits per heavy atom. The minimum atomic E-state index is -0.839. The highest BCUT2D eigenvalue weighted by Gasteiger charge is 2.19. The summed E-state index contributed by atoms with van der Waals surface area (Å²) in [5.41, 5.74) is 0. The summed E-state index contributed by atoms with van der Waals surface area (Å²) in [5, 5.41) is 0. The molecular formula is C61H96O6. The van der Waals surface area contributed by atoms with Gasteiger partial charge in [-0.2, -0.15) is 0 Å². The van der Waals surface area contributed by atoms with Crippen LogP contribution in [0, 0.1) is 0 Å². The molecular weight excluding hydrogens is 829 g/mol. The first-order valence-corrected chi connectivity index (χ1v) is 26.7. The molecule has 0 aliphatic rings. The van der Waals surface area contributed by atoms with Gasteiger partial charge in [-0.25, -0.2) is 0 Å². The Bertz CT molecular complexity index is 1480. The molecule has 0 unspecified atom stereocenters. The fourth-order valence-electron chi connectivity index (χ4n) is 6.61. The third-order valence-electron chi connectivity index (χ3n) is 10.6. The summed E-state index contributed by atoms with van der Waals surface area (Å²) in [7, 11) is 0. The van der Waals surface area contributed by atoms with E-state index in [1.54, 1.807) is 0 Å². The van der Waals surface area contributed by atoms with Gasteiger partial charge >= 0.3 is 17.9 Å². The minimum Gasteiger partial charge on any atom is -0.462 e. The lowest BCUT2D eigenvalue weighted by Gasteiger charge is -2.18. The molecule has 0 aliphatic heterocycles. The molecule has 1 atom stereocenters. The van der Waals surface area contributed by atoms with Crippen molar-refractivity contribution < 1.29 is 28.6 Å². The van der Waals surface area contributed by atoms with Crippen molar-refractivity contribution in [1.29, 1.82) is 0 Å². The fraction of sp³-hybridized carbons (Fsp3) is 0.590. The van der Waals surface area contributed by atoms with E-state index in [4.69, 9.17) is 14.2 Å². The lowest BCUT2D eigenvalue weighted by molar-refractivity contribution is -0.166. The maximum Gasteiger partial charge on any atom is 0.306 e. The van der Waals surface area contributed by atoms with Crippen LogP contribution in [-0.2, 0) is 28.6 Å². The third-order valence-corrected chi connectivity index (χ3v) is 10.6. The van der Waals surface area contributed by atoms with Gasteiger partial charge in [0.1, 0.15) is 13.2 Å². The van der Waals surface area contributed by atoms with Gasteiger partial charge in [-0.05, 0) is 122 Å². The van der Waals surface area contributed by atoms with Crippen LogP contribution in [0.5, 0.6) is 0 Å². The summed E-state index contributed by atoms with van der Waals surface area (Å²) < 4.78 is 16.7. The topological polar surface area (TPSA) is 78.9 Å². The van der Waals surface area contributed by atoms with E-state index in [-0.39, 0.29) is 31.6 Å². The Morgan fingerprint density at radius 2 is 0.627 bits per heavy atom. The first kappa shape index (κ1) is 62.5. The van der Waals surface area contributed by atoms with Crippen LogP contribution >= 0.6 is 0 Å². The summed E-state index contributed by atoms with van der Waals surface area (Å²) in [6.07, 6.45) is 75.9. The molecule has 0 fully saturated rings. The Kier molecular flexibility index (Phi) is 50.6. The minimum absolute atomic E-state index is 0.128. The molecule has 6 nitrogen and oxygen atoms in total. The Hall–Kier alpha value is -4.45. The number of hydrogen-bond donors (Lipinski definition) is 0. The Morgan fingerprint density at radius 1 is 0.313 bits per heavy atom. The van der Waals surface area contributed by atoms with Crippen LogP contribution < -0.4 is 0 Å². The monoisotopic (exact) mass is 925 g/mol. The van der Waals surface area contributed by atoms with E-state index < -0.39 is 12.1 Å². The van der Waals surface area contributed by atoms with E-state index in [2.05, 4.69) is 142 Å². The summed E-state index contributed by atoms with van der Waals surface area (Å²) in [6.45, 7) is 6.34. The van der Waals surface area contributed by atoms with Crippen LogP contribution in [0.1, 0.15) is 213 Å². The van der Waals surface area contributed by atoms with E-state index in [0.717, 1.165) is 116 Å². The number of hydrogen-bond acceptors (Lipinski definition) is 6. The van der Waals surface area contributed by atoms with E-state index in [0.29, 0.717) is 19.3 Å². The molecule has 0 aromatic heterocycles. The van der Waals surface area contributed by atoms with Crippen LogP contribution in [-0.4, -0.2) is 37.2 Å². The summed E-state index contributed by atoms with van der Waals surface area (Å²) >= 11 is 0.